The first-order chi connectivity index (χ1) is 44.4. The lowest BCUT2D eigenvalue weighted by atomic mass is 9.71. The smallest absolute Gasteiger partial charge is 0.312 e. The molecule has 8 aliphatic carbocycles. The standard InChI is InChI=1S/C17H26O4.2C15H22O4.C14H20O4.C13H18O5/c1-6-16(2,3)15(19)21-17(4,5)13-9-7-10-11(8-9)20-14(18)12(10)13;1-4-15(2,3)14(17)19-11-6-8-5-9(11)10-7-18-13(16)12(8)10;1-4-15(2,3)14(17)19-11-6-8-5-9(11)12-10(8)7-18-13(12)16;1-4-14(2,3)13(16)18-10-7-5-8-9(6-7)12(15)17-11(8)10;1-4-13(2,3)12(15)18-9-7-5-6-8(16-7)10(9)17-11(6)14/h9-13H,6-8H2,1-5H3;2*8-12H,4-7H2,1-3H3;7-11H,4-6H2,1-3H3;6-10H,4-5H2,1-3H3. The van der Waals surface area contributed by atoms with Gasteiger partial charge in [-0.25, -0.2) is 0 Å². The van der Waals surface area contributed by atoms with Crippen molar-refractivity contribution in [1.82, 2.24) is 0 Å². The molecule has 7 saturated heterocycles. The average molecular weight is 1330 g/mol. The summed E-state index contributed by atoms with van der Waals surface area (Å²) in [7, 11) is 0. The van der Waals surface area contributed by atoms with E-state index in [4.69, 9.17) is 52.1 Å². The molecule has 0 aromatic rings. The van der Waals surface area contributed by atoms with E-state index in [0.717, 1.165) is 77.0 Å². The van der Waals surface area contributed by atoms with Gasteiger partial charge < -0.3 is 52.1 Å². The van der Waals surface area contributed by atoms with Crippen LogP contribution in [0.3, 0.4) is 0 Å². The molecular formula is C74H108O21. The highest BCUT2D eigenvalue weighted by Crippen LogP contribution is 2.62. The third-order valence-electron chi connectivity index (χ3n) is 26.6. The van der Waals surface area contributed by atoms with Crippen LogP contribution in [0.2, 0.25) is 0 Å². The molecule has 7 heterocycles. The van der Waals surface area contributed by atoms with Crippen LogP contribution < -0.4 is 0 Å². The number of fused-ring (bicyclic) bond motifs is 13. The molecule has 0 aromatic heterocycles. The molecule has 0 amide bonds. The minimum absolute atomic E-state index is 0.000856. The fourth-order valence-corrected chi connectivity index (χ4v) is 18.6. The summed E-state index contributed by atoms with van der Waals surface area (Å²) in [6.07, 6.45) is 10.5. The van der Waals surface area contributed by atoms with Crippen LogP contribution in [0.4, 0.5) is 0 Å². The summed E-state index contributed by atoms with van der Waals surface area (Å²) < 4.78 is 60.6. The number of hydrogen-bond donors (Lipinski definition) is 0. The Morgan fingerprint density at radius 1 is 0.368 bits per heavy atom. The first-order valence-corrected chi connectivity index (χ1v) is 36.1. The zero-order valence-corrected chi connectivity index (χ0v) is 59.3. The average Bonchev–Trinajstić information content (AvgIpc) is 1.58. The second kappa shape index (κ2) is 25.7. The molecule has 25 atom stereocenters. The fraction of sp³-hybridized carbons (Fsp3) is 0.865. The Bertz CT molecular complexity index is 2950. The summed E-state index contributed by atoms with van der Waals surface area (Å²) in [6, 6.07) is 0. The molecule has 21 nitrogen and oxygen atoms in total. The van der Waals surface area contributed by atoms with Gasteiger partial charge in [0.25, 0.3) is 0 Å². The van der Waals surface area contributed by atoms with Crippen LogP contribution in [0.1, 0.15) is 208 Å². The van der Waals surface area contributed by atoms with Gasteiger partial charge in [-0.1, -0.05) is 34.6 Å². The molecule has 0 radical (unpaired) electrons. The highest BCUT2D eigenvalue weighted by molar-refractivity contribution is 5.82. The fourth-order valence-electron chi connectivity index (χ4n) is 18.6. The predicted octanol–water partition coefficient (Wildman–Crippen LogP) is 10.2. The number of rotatable bonds is 16. The second-order valence-corrected chi connectivity index (χ2v) is 34.4. The van der Waals surface area contributed by atoms with Gasteiger partial charge in [0.2, 0.25) is 0 Å². The highest BCUT2D eigenvalue weighted by atomic mass is 16.7. The Morgan fingerprint density at radius 3 is 1.43 bits per heavy atom. The van der Waals surface area contributed by atoms with Gasteiger partial charge in [-0.3, -0.25) is 47.9 Å². The van der Waals surface area contributed by atoms with Gasteiger partial charge in [-0.2, -0.15) is 0 Å². The first-order valence-electron chi connectivity index (χ1n) is 36.1. The predicted molar refractivity (Wildman–Crippen MR) is 338 cm³/mol. The summed E-state index contributed by atoms with van der Waals surface area (Å²) in [6.45, 7) is 33.9. The molecule has 0 aromatic carbocycles. The van der Waals surface area contributed by atoms with Crippen LogP contribution in [-0.4, -0.2) is 133 Å². The van der Waals surface area contributed by atoms with E-state index in [0.29, 0.717) is 73.4 Å². The molecule has 15 fully saturated rings. The molecule has 0 N–H and O–H groups in total. The van der Waals surface area contributed by atoms with Crippen molar-refractivity contribution >= 4 is 59.7 Å². The number of cyclic esters (lactones) is 2. The van der Waals surface area contributed by atoms with E-state index in [1.807, 2.05) is 118 Å². The van der Waals surface area contributed by atoms with Gasteiger partial charge in [0.15, 0.2) is 12.2 Å². The van der Waals surface area contributed by atoms with Crippen molar-refractivity contribution in [2.45, 2.75) is 268 Å². The van der Waals surface area contributed by atoms with Crippen LogP contribution in [0.25, 0.3) is 0 Å². The van der Waals surface area contributed by atoms with Gasteiger partial charge in [-0.15, -0.1) is 0 Å². The lowest BCUT2D eigenvalue weighted by Crippen LogP contribution is -2.46. The van der Waals surface area contributed by atoms with Crippen molar-refractivity contribution in [3.8, 4) is 0 Å². The van der Waals surface area contributed by atoms with E-state index >= 15 is 0 Å². The zero-order valence-electron chi connectivity index (χ0n) is 59.3. The number of ether oxygens (including phenoxy) is 11. The number of carbonyl (C=O) groups is 10. The zero-order chi connectivity index (χ0) is 69.3. The summed E-state index contributed by atoms with van der Waals surface area (Å²) in [5, 5.41) is 0. The Morgan fingerprint density at radius 2 is 0.842 bits per heavy atom. The van der Waals surface area contributed by atoms with Gasteiger partial charge >= 0.3 is 59.7 Å². The SMILES string of the molecule is CCC(C)(C)C(=O)OC(C)(C)C1C2CC3OC(=O)C1C3C2.CCC(C)(C)C(=O)OC1C2CC3C(=O)OC1C3C2.CCC(C)(C)C(=O)OC1C2CC3C(=O)OC1C3O2.CCC(C)(C)C(=O)OC1CC2CC1C1C(=O)OCC21.CCC(C)(C)C(=O)OC1CC2CC1C1COC(=O)C21. The van der Waals surface area contributed by atoms with E-state index in [2.05, 4.69) is 0 Å². The Kier molecular flexibility index (Phi) is 19.2. The minimum atomic E-state index is -0.609. The van der Waals surface area contributed by atoms with Crippen LogP contribution in [0.15, 0.2) is 0 Å². The monoisotopic (exact) mass is 1330 g/mol. The van der Waals surface area contributed by atoms with Gasteiger partial charge in [0.1, 0.15) is 42.2 Å². The lowest BCUT2D eigenvalue weighted by Gasteiger charge is -2.40. The van der Waals surface area contributed by atoms with Crippen LogP contribution in [0, 0.1) is 122 Å². The molecule has 25 unspecified atom stereocenters. The minimum Gasteiger partial charge on any atom is -0.465 e. The largest absolute Gasteiger partial charge is 0.465 e. The number of hydrogen-bond acceptors (Lipinski definition) is 21. The number of esters is 10. The maximum absolute atomic E-state index is 12.4. The maximum atomic E-state index is 12.4. The number of carbonyl (C=O) groups excluding carboxylic acids is 10. The molecule has 95 heavy (non-hydrogen) atoms. The molecule has 10 bridgehead atoms. The van der Waals surface area contributed by atoms with E-state index < -0.39 is 44.9 Å². The molecule has 21 heteroatoms. The van der Waals surface area contributed by atoms with Crippen molar-refractivity contribution in [1.29, 1.82) is 0 Å². The summed E-state index contributed by atoms with van der Waals surface area (Å²) in [4.78, 5) is 120. The van der Waals surface area contributed by atoms with Crippen LogP contribution >= 0.6 is 0 Å². The summed E-state index contributed by atoms with van der Waals surface area (Å²) in [5.41, 5.74) is -2.90. The van der Waals surface area contributed by atoms with E-state index in [1.165, 1.54) is 0 Å². The Hall–Kier alpha value is -5.34. The maximum Gasteiger partial charge on any atom is 0.312 e. The van der Waals surface area contributed by atoms with Crippen LogP contribution in [0.5, 0.6) is 0 Å². The Labute approximate surface area is 560 Å². The van der Waals surface area contributed by atoms with Crippen molar-refractivity contribution < 1.29 is 100 Å². The normalized spacial score (nSPS) is 40.0. The van der Waals surface area contributed by atoms with Crippen molar-refractivity contribution in [2.75, 3.05) is 13.2 Å². The Balaban J connectivity index is 0.000000121. The third kappa shape index (κ3) is 12.7. The van der Waals surface area contributed by atoms with Crippen molar-refractivity contribution in [3.05, 3.63) is 0 Å². The van der Waals surface area contributed by atoms with Crippen LogP contribution in [-0.2, 0) is 100 Å². The molecule has 15 aliphatic rings. The van der Waals surface area contributed by atoms with Gasteiger partial charge in [-0.05, 0) is 191 Å². The summed E-state index contributed by atoms with van der Waals surface area (Å²) in [5.74, 6) is 2.25. The molecule has 530 valence electrons. The van der Waals surface area contributed by atoms with E-state index in [-0.39, 0.29) is 150 Å². The summed E-state index contributed by atoms with van der Waals surface area (Å²) >= 11 is 0. The second-order valence-electron chi connectivity index (χ2n) is 34.4. The lowest BCUT2D eigenvalue weighted by molar-refractivity contribution is -0.178. The topological polar surface area (TPSA) is 272 Å². The third-order valence-corrected chi connectivity index (χ3v) is 26.6. The molecular weight excluding hydrogens is 1220 g/mol. The van der Waals surface area contributed by atoms with E-state index in [1.54, 1.807) is 0 Å². The van der Waals surface area contributed by atoms with Gasteiger partial charge in [0.05, 0.1) is 76.0 Å². The van der Waals surface area contributed by atoms with E-state index in [9.17, 15) is 47.9 Å². The molecule has 7 aliphatic heterocycles. The molecule has 15 rings (SSSR count). The van der Waals surface area contributed by atoms with Gasteiger partial charge in [0, 0.05) is 47.3 Å². The highest BCUT2D eigenvalue weighted by Gasteiger charge is 2.69. The van der Waals surface area contributed by atoms with Crippen molar-refractivity contribution in [3.63, 3.8) is 0 Å². The molecule has 8 saturated carbocycles. The molecule has 0 spiro atoms. The first kappa shape index (κ1) is 71.0. The quantitative estimate of drug-likeness (QED) is 0.103. The van der Waals surface area contributed by atoms with Crippen molar-refractivity contribution in [2.24, 2.45) is 122 Å².